The van der Waals surface area contributed by atoms with Crippen LogP contribution in [0.15, 0.2) is 36.5 Å². The Bertz CT molecular complexity index is 763. The summed E-state index contributed by atoms with van der Waals surface area (Å²) in [6.07, 6.45) is 6.23. The maximum absolute atomic E-state index is 12.4. The van der Waals surface area contributed by atoms with Crippen LogP contribution in [-0.2, 0) is 9.53 Å². The number of ether oxygens (including phenoxy) is 1. The first-order valence-corrected chi connectivity index (χ1v) is 9.15. The van der Waals surface area contributed by atoms with Crippen molar-refractivity contribution < 1.29 is 9.53 Å². The van der Waals surface area contributed by atoms with E-state index in [9.17, 15) is 4.79 Å². The lowest BCUT2D eigenvalue weighted by molar-refractivity contribution is -0.130. The van der Waals surface area contributed by atoms with Gasteiger partial charge in [0.25, 0.3) is 0 Å². The highest BCUT2D eigenvalue weighted by atomic mass is 16.5. The van der Waals surface area contributed by atoms with Gasteiger partial charge in [0.1, 0.15) is 0 Å². The van der Waals surface area contributed by atoms with Crippen molar-refractivity contribution in [3.8, 4) is 0 Å². The lowest BCUT2D eigenvalue weighted by Crippen LogP contribution is -2.53. The van der Waals surface area contributed by atoms with E-state index in [-0.39, 0.29) is 11.8 Å². The number of piperidine rings is 1. The highest BCUT2D eigenvalue weighted by Crippen LogP contribution is 2.34. The third-order valence-electron chi connectivity index (χ3n) is 5.71. The van der Waals surface area contributed by atoms with Crippen LogP contribution in [0.3, 0.4) is 0 Å². The first-order chi connectivity index (χ1) is 12.2. The van der Waals surface area contributed by atoms with Crippen LogP contribution < -0.4 is 10.6 Å². The van der Waals surface area contributed by atoms with Crippen molar-refractivity contribution >= 4 is 22.5 Å². The molecule has 1 saturated heterocycles. The number of amides is 1. The molecule has 0 radical (unpaired) electrons. The monoisotopic (exact) mass is 339 g/mol. The van der Waals surface area contributed by atoms with Gasteiger partial charge in [-0.2, -0.15) is 0 Å². The third kappa shape index (κ3) is 3.47. The largest absolute Gasteiger partial charge is 0.384 e. The first kappa shape index (κ1) is 16.3. The van der Waals surface area contributed by atoms with E-state index in [2.05, 4.69) is 27.8 Å². The summed E-state index contributed by atoms with van der Waals surface area (Å²) in [6.45, 7) is 0.665. The van der Waals surface area contributed by atoms with Crippen LogP contribution in [0.25, 0.3) is 10.9 Å². The summed E-state index contributed by atoms with van der Waals surface area (Å²) in [4.78, 5) is 16.8. The number of rotatable bonds is 4. The Hall–Kier alpha value is -2.14. The molecule has 1 saturated carbocycles. The molecule has 132 valence electrons. The molecule has 4 atom stereocenters. The summed E-state index contributed by atoms with van der Waals surface area (Å²) in [7, 11) is 1.79. The normalized spacial score (nSPS) is 29.1. The van der Waals surface area contributed by atoms with Gasteiger partial charge in [0.2, 0.25) is 5.91 Å². The smallest absolute Gasteiger partial charge is 0.225 e. The highest BCUT2D eigenvalue weighted by Gasteiger charge is 2.39. The Kier molecular flexibility index (Phi) is 4.57. The summed E-state index contributed by atoms with van der Waals surface area (Å²) in [5.41, 5.74) is 2.02. The van der Waals surface area contributed by atoms with Gasteiger partial charge < -0.3 is 15.4 Å². The maximum Gasteiger partial charge on any atom is 0.225 e. The van der Waals surface area contributed by atoms with Crippen molar-refractivity contribution in [3.63, 3.8) is 0 Å². The number of carbonyl (C=O) groups excluding carboxylic acids is 1. The summed E-state index contributed by atoms with van der Waals surface area (Å²) in [5, 5.41) is 7.78. The molecule has 4 rings (SSSR count). The Labute approximate surface area is 148 Å². The average molecular weight is 339 g/mol. The zero-order valence-corrected chi connectivity index (χ0v) is 14.6. The van der Waals surface area contributed by atoms with Gasteiger partial charge in [0, 0.05) is 37.0 Å². The van der Waals surface area contributed by atoms with Gasteiger partial charge in [-0.25, -0.2) is 0 Å². The molecule has 1 aromatic carbocycles. The predicted octanol–water partition coefficient (Wildman–Crippen LogP) is 2.97. The fraction of sp³-hybridized carbons (Fsp3) is 0.500. The van der Waals surface area contributed by atoms with Crippen molar-refractivity contribution in [2.24, 2.45) is 11.8 Å². The molecule has 5 nitrogen and oxygen atoms in total. The maximum atomic E-state index is 12.4. The molecule has 2 N–H and O–H groups in total. The van der Waals surface area contributed by atoms with Crippen LogP contribution in [0, 0.1) is 11.8 Å². The number of methoxy groups -OCH3 is 1. The number of nitrogens with zero attached hydrogens (tertiary/aromatic N) is 1. The Balaban J connectivity index is 1.40. The molecule has 2 fully saturated rings. The van der Waals surface area contributed by atoms with E-state index in [1.54, 1.807) is 13.3 Å². The number of anilines is 1. The molecule has 1 amide bonds. The molecule has 1 aliphatic heterocycles. The van der Waals surface area contributed by atoms with Crippen LogP contribution in [0.4, 0.5) is 5.69 Å². The van der Waals surface area contributed by atoms with Crippen molar-refractivity contribution in [2.45, 2.75) is 37.8 Å². The topological polar surface area (TPSA) is 63.2 Å². The minimum absolute atomic E-state index is 0.0152. The molecule has 2 heterocycles. The van der Waals surface area contributed by atoms with Gasteiger partial charge in [0.05, 0.1) is 17.5 Å². The Morgan fingerprint density at radius 1 is 1.28 bits per heavy atom. The molecular formula is C20H25N3O2. The summed E-state index contributed by atoms with van der Waals surface area (Å²) in [6, 6.07) is 10.5. The molecule has 1 aliphatic carbocycles. The number of hydrogen-bond donors (Lipinski definition) is 2. The molecular weight excluding hydrogens is 314 g/mol. The van der Waals surface area contributed by atoms with Gasteiger partial charge in [-0.1, -0.05) is 6.07 Å². The number of nitrogens with one attached hydrogen (secondary N) is 2. The number of fused-ring (bicyclic) bond motifs is 2. The summed E-state index contributed by atoms with van der Waals surface area (Å²) in [5.74, 6) is 0.734. The Morgan fingerprint density at radius 2 is 2.20 bits per heavy atom. The van der Waals surface area contributed by atoms with Gasteiger partial charge in [0.15, 0.2) is 0 Å². The molecule has 25 heavy (non-hydrogen) atoms. The molecule has 0 bridgehead atoms. The van der Waals surface area contributed by atoms with Gasteiger partial charge in [-0.15, -0.1) is 0 Å². The van der Waals surface area contributed by atoms with Crippen molar-refractivity contribution in [3.05, 3.63) is 36.5 Å². The van der Waals surface area contributed by atoms with Crippen LogP contribution >= 0.6 is 0 Å². The summed E-state index contributed by atoms with van der Waals surface area (Å²) >= 11 is 0. The second-order valence-electron chi connectivity index (χ2n) is 7.27. The van der Waals surface area contributed by atoms with Gasteiger partial charge >= 0.3 is 0 Å². The van der Waals surface area contributed by atoms with Crippen LogP contribution in [0.1, 0.15) is 25.7 Å². The average Bonchev–Trinajstić information content (AvgIpc) is 2.65. The van der Waals surface area contributed by atoms with E-state index in [0.717, 1.165) is 42.3 Å². The number of benzene rings is 1. The van der Waals surface area contributed by atoms with Crippen LogP contribution in [0.5, 0.6) is 0 Å². The van der Waals surface area contributed by atoms with Gasteiger partial charge in [-0.05, 0) is 55.9 Å². The van der Waals surface area contributed by atoms with Crippen molar-refractivity contribution in [1.29, 1.82) is 0 Å². The van der Waals surface area contributed by atoms with E-state index in [1.807, 2.05) is 18.2 Å². The van der Waals surface area contributed by atoms with E-state index in [0.29, 0.717) is 24.6 Å². The molecule has 2 aliphatic rings. The third-order valence-corrected chi connectivity index (χ3v) is 5.71. The zero-order chi connectivity index (χ0) is 17.2. The molecule has 2 aromatic rings. The lowest BCUT2D eigenvalue weighted by atomic mass is 9.74. The second kappa shape index (κ2) is 7.00. The fourth-order valence-electron chi connectivity index (χ4n) is 4.26. The first-order valence-electron chi connectivity index (χ1n) is 9.15. The molecule has 0 spiro atoms. The minimum Gasteiger partial charge on any atom is -0.384 e. The Morgan fingerprint density at radius 3 is 3.08 bits per heavy atom. The minimum atomic E-state index is 0.0152. The predicted molar refractivity (Wildman–Crippen MR) is 98.4 cm³/mol. The highest BCUT2D eigenvalue weighted by molar-refractivity contribution is 5.83. The van der Waals surface area contributed by atoms with E-state index in [1.165, 1.54) is 0 Å². The molecule has 5 heteroatoms. The number of pyridine rings is 1. The second-order valence-corrected chi connectivity index (χ2v) is 7.27. The number of carbonyl (C=O) groups is 1. The van der Waals surface area contributed by atoms with Crippen LogP contribution in [-0.4, -0.2) is 36.7 Å². The summed E-state index contributed by atoms with van der Waals surface area (Å²) < 4.78 is 5.54. The van der Waals surface area contributed by atoms with E-state index >= 15 is 0 Å². The lowest BCUT2D eigenvalue weighted by Gasteiger charge is -2.41. The fourth-order valence-corrected chi connectivity index (χ4v) is 4.26. The van der Waals surface area contributed by atoms with Crippen molar-refractivity contribution in [2.75, 3.05) is 19.0 Å². The number of hydrogen-bond acceptors (Lipinski definition) is 4. The quantitative estimate of drug-likeness (QED) is 0.899. The van der Waals surface area contributed by atoms with Gasteiger partial charge in [-0.3, -0.25) is 9.78 Å². The van der Waals surface area contributed by atoms with Crippen molar-refractivity contribution in [1.82, 2.24) is 10.3 Å². The zero-order valence-electron chi connectivity index (χ0n) is 14.6. The van der Waals surface area contributed by atoms with E-state index in [4.69, 9.17) is 4.74 Å². The molecule has 4 unspecified atom stereocenters. The SMILES string of the molecule is COC1CCC2NC(=O)C(CNc3ccc4ncccc4c3)CC2C1. The standard InChI is InChI=1S/C20H25N3O2/c1-25-17-5-7-19-14(11-17)9-15(20(24)23-19)12-22-16-4-6-18-13(10-16)3-2-8-21-18/h2-4,6,8,10,14-15,17,19,22H,5,7,9,11-12H2,1H3,(H,23,24). The van der Waals surface area contributed by atoms with Crippen LogP contribution in [0.2, 0.25) is 0 Å². The van der Waals surface area contributed by atoms with E-state index < -0.39 is 0 Å². The molecule has 1 aromatic heterocycles. The number of aromatic nitrogens is 1.